The van der Waals surface area contributed by atoms with Gasteiger partial charge in [-0.15, -0.1) is 0 Å². The predicted octanol–water partition coefficient (Wildman–Crippen LogP) is 0.329. The fourth-order valence-electron chi connectivity index (χ4n) is 2.86. The zero-order chi connectivity index (χ0) is 16.6. The van der Waals surface area contributed by atoms with Gasteiger partial charge in [0.2, 0.25) is 5.82 Å². The van der Waals surface area contributed by atoms with E-state index < -0.39 is 29.4 Å². The monoisotopic (exact) mass is 321 g/mol. The summed E-state index contributed by atoms with van der Waals surface area (Å²) in [5.41, 5.74) is -2.49. The van der Waals surface area contributed by atoms with E-state index in [0.29, 0.717) is 0 Å². The molecule has 2 aromatic rings. The molecule has 2 atom stereocenters. The highest BCUT2D eigenvalue weighted by molar-refractivity contribution is 5.20. The standard InChI is InChI=1S/C15H16FN3O4/c1-18-12(10-5-3-2-4-6-10)7-15(9-20,23-18)19-8-11(16)13(21)17-14(19)22/h2-6,8,12,20H,7,9H2,1H3,(H,17,21,22)/t12-,15-/m0/s1. The smallest absolute Gasteiger partial charge is 0.330 e. The Morgan fingerprint density at radius 2 is 2.09 bits per heavy atom. The highest BCUT2D eigenvalue weighted by atomic mass is 19.1. The molecule has 0 aliphatic carbocycles. The number of rotatable bonds is 3. The second-order valence-corrected chi connectivity index (χ2v) is 5.48. The molecular formula is C15H16FN3O4. The summed E-state index contributed by atoms with van der Waals surface area (Å²) in [5.74, 6) is -1.12. The second-order valence-electron chi connectivity index (χ2n) is 5.48. The van der Waals surface area contributed by atoms with Crippen molar-refractivity contribution in [2.75, 3.05) is 13.7 Å². The summed E-state index contributed by atoms with van der Waals surface area (Å²) in [6.07, 6.45) is 0.980. The van der Waals surface area contributed by atoms with Crippen LogP contribution in [0, 0.1) is 5.82 Å². The Morgan fingerprint density at radius 3 is 2.74 bits per heavy atom. The maximum Gasteiger partial charge on any atom is 0.330 e. The number of aliphatic hydroxyl groups is 1. The molecule has 0 spiro atoms. The number of nitrogens with zero attached hydrogens (tertiary/aromatic N) is 2. The lowest BCUT2D eigenvalue weighted by Crippen LogP contribution is -2.47. The number of hydrogen-bond acceptors (Lipinski definition) is 5. The highest BCUT2D eigenvalue weighted by Crippen LogP contribution is 2.41. The van der Waals surface area contributed by atoms with Crippen LogP contribution in [0.3, 0.4) is 0 Å². The first-order valence-corrected chi connectivity index (χ1v) is 7.06. The van der Waals surface area contributed by atoms with Crippen molar-refractivity contribution in [1.29, 1.82) is 0 Å². The highest BCUT2D eigenvalue weighted by Gasteiger charge is 2.47. The van der Waals surface area contributed by atoms with E-state index in [9.17, 15) is 19.1 Å². The molecule has 0 unspecified atom stereocenters. The quantitative estimate of drug-likeness (QED) is 0.851. The van der Waals surface area contributed by atoms with Gasteiger partial charge in [-0.2, -0.15) is 9.45 Å². The summed E-state index contributed by atoms with van der Waals surface area (Å²) in [4.78, 5) is 30.8. The van der Waals surface area contributed by atoms with Crippen LogP contribution in [0.25, 0.3) is 0 Å². The van der Waals surface area contributed by atoms with Crippen molar-refractivity contribution in [3.05, 3.63) is 68.7 Å². The average Bonchev–Trinajstić information content (AvgIpc) is 2.90. The van der Waals surface area contributed by atoms with E-state index in [0.717, 1.165) is 16.3 Å². The molecule has 3 rings (SSSR count). The van der Waals surface area contributed by atoms with Gasteiger partial charge in [0.25, 0.3) is 5.56 Å². The van der Waals surface area contributed by atoms with Gasteiger partial charge in [-0.05, 0) is 5.56 Å². The van der Waals surface area contributed by atoms with E-state index in [1.165, 1.54) is 5.06 Å². The number of benzene rings is 1. The van der Waals surface area contributed by atoms with Gasteiger partial charge in [0, 0.05) is 13.5 Å². The lowest BCUT2D eigenvalue weighted by atomic mass is 9.98. The predicted molar refractivity (Wildman–Crippen MR) is 79.0 cm³/mol. The molecule has 7 nitrogen and oxygen atoms in total. The molecule has 1 fully saturated rings. The number of aromatic nitrogens is 2. The Morgan fingerprint density at radius 1 is 1.39 bits per heavy atom. The fourth-order valence-corrected chi connectivity index (χ4v) is 2.86. The molecule has 1 aliphatic rings. The third kappa shape index (κ3) is 2.61. The fraction of sp³-hybridized carbons (Fsp3) is 0.333. The van der Waals surface area contributed by atoms with E-state index in [4.69, 9.17) is 4.84 Å². The summed E-state index contributed by atoms with van der Waals surface area (Å²) < 4.78 is 14.5. The average molecular weight is 321 g/mol. The molecule has 1 aliphatic heterocycles. The minimum atomic E-state index is -1.47. The number of hydroxylamine groups is 2. The van der Waals surface area contributed by atoms with Gasteiger partial charge < -0.3 is 5.11 Å². The van der Waals surface area contributed by atoms with Crippen molar-refractivity contribution in [1.82, 2.24) is 14.6 Å². The summed E-state index contributed by atoms with van der Waals surface area (Å²) >= 11 is 0. The van der Waals surface area contributed by atoms with E-state index in [1.54, 1.807) is 7.05 Å². The molecule has 2 N–H and O–H groups in total. The lowest BCUT2D eigenvalue weighted by molar-refractivity contribution is -0.239. The summed E-state index contributed by atoms with van der Waals surface area (Å²) in [5, 5.41) is 11.3. The Hall–Kier alpha value is -2.29. The van der Waals surface area contributed by atoms with E-state index in [1.807, 2.05) is 35.3 Å². The first-order chi connectivity index (χ1) is 11.0. The summed E-state index contributed by atoms with van der Waals surface area (Å²) in [6.45, 7) is -0.550. The number of halogens is 1. The Bertz CT molecular complexity index is 819. The van der Waals surface area contributed by atoms with Crippen LogP contribution in [0.4, 0.5) is 4.39 Å². The van der Waals surface area contributed by atoms with Crippen LogP contribution in [0.2, 0.25) is 0 Å². The van der Waals surface area contributed by atoms with E-state index >= 15 is 0 Å². The van der Waals surface area contributed by atoms with Crippen molar-refractivity contribution in [3.8, 4) is 0 Å². The maximum absolute atomic E-state index is 13.6. The molecule has 0 radical (unpaired) electrons. The van der Waals surface area contributed by atoms with Crippen molar-refractivity contribution < 1.29 is 14.3 Å². The van der Waals surface area contributed by atoms with Gasteiger partial charge in [0.05, 0.1) is 18.8 Å². The molecule has 0 amide bonds. The van der Waals surface area contributed by atoms with Crippen molar-refractivity contribution in [3.63, 3.8) is 0 Å². The maximum atomic E-state index is 13.6. The van der Waals surface area contributed by atoms with Gasteiger partial charge in [-0.1, -0.05) is 30.3 Å². The van der Waals surface area contributed by atoms with Crippen LogP contribution in [0.5, 0.6) is 0 Å². The minimum absolute atomic E-state index is 0.218. The van der Waals surface area contributed by atoms with Crippen LogP contribution in [0.15, 0.2) is 46.1 Å². The molecule has 0 saturated carbocycles. The lowest BCUT2D eigenvalue weighted by Gasteiger charge is -2.27. The van der Waals surface area contributed by atoms with Gasteiger partial charge in [0.1, 0.15) is 0 Å². The van der Waals surface area contributed by atoms with Crippen molar-refractivity contribution in [2.45, 2.75) is 18.2 Å². The van der Waals surface area contributed by atoms with Gasteiger partial charge in [-0.25, -0.2) is 4.79 Å². The topological polar surface area (TPSA) is 87.6 Å². The summed E-state index contributed by atoms with van der Waals surface area (Å²) in [7, 11) is 1.67. The number of H-pyrrole nitrogens is 1. The van der Waals surface area contributed by atoms with E-state index in [-0.39, 0.29) is 12.5 Å². The third-order valence-electron chi connectivity index (χ3n) is 4.03. The van der Waals surface area contributed by atoms with E-state index in [2.05, 4.69) is 0 Å². The molecule has 1 aromatic carbocycles. The third-order valence-corrected chi connectivity index (χ3v) is 4.03. The number of nitrogens with one attached hydrogen (secondary N) is 1. The Kier molecular flexibility index (Phi) is 3.88. The van der Waals surface area contributed by atoms with Crippen molar-refractivity contribution >= 4 is 0 Å². The first-order valence-electron chi connectivity index (χ1n) is 7.06. The Balaban J connectivity index is 2.05. The molecule has 2 heterocycles. The van der Waals surface area contributed by atoms with Crippen LogP contribution < -0.4 is 11.2 Å². The van der Waals surface area contributed by atoms with Gasteiger partial charge in [-0.3, -0.25) is 19.2 Å². The molecule has 1 aromatic heterocycles. The van der Waals surface area contributed by atoms with Crippen LogP contribution in [-0.4, -0.2) is 33.4 Å². The zero-order valence-corrected chi connectivity index (χ0v) is 12.4. The van der Waals surface area contributed by atoms with Gasteiger partial charge in [0.15, 0.2) is 5.72 Å². The first kappa shape index (κ1) is 15.6. The Labute approximate surface area is 130 Å². The zero-order valence-electron chi connectivity index (χ0n) is 12.4. The molecule has 0 bridgehead atoms. The van der Waals surface area contributed by atoms with Crippen molar-refractivity contribution in [2.24, 2.45) is 0 Å². The largest absolute Gasteiger partial charge is 0.391 e. The number of aliphatic hydroxyl groups excluding tert-OH is 1. The second kappa shape index (κ2) is 5.73. The van der Waals surface area contributed by atoms with Crippen LogP contribution in [-0.2, 0) is 10.6 Å². The van der Waals surface area contributed by atoms with Crippen LogP contribution in [0.1, 0.15) is 18.0 Å². The number of hydrogen-bond donors (Lipinski definition) is 2. The normalized spacial score (nSPS) is 24.9. The molecule has 23 heavy (non-hydrogen) atoms. The number of aromatic amines is 1. The van der Waals surface area contributed by atoms with Gasteiger partial charge >= 0.3 is 5.69 Å². The molecular weight excluding hydrogens is 305 g/mol. The summed E-state index contributed by atoms with van der Waals surface area (Å²) in [6, 6.07) is 9.18. The molecule has 1 saturated heterocycles. The molecule has 8 heteroatoms. The minimum Gasteiger partial charge on any atom is -0.391 e. The molecule has 122 valence electrons. The van der Waals surface area contributed by atoms with Crippen LogP contribution >= 0.6 is 0 Å². The SMILES string of the molecule is CN1O[C@@](CO)(n2cc(F)c(=O)[nH]c2=O)C[C@H]1c1ccccc1.